The van der Waals surface area contributed by atoms with Crippen LogP contribution in [0.25, 0.3) is 0 Å². The van der Waals surface area contributed by atoms with Crippen LogP contribution in [-0.4, -0.2) is 41.4 Å². The van der Waals surface area contributed by atoms with Crippen molar-refractivity contribution in [2.75, 3.05) is 23.7 Å². The zero-order chi connectivity index (χ0) is 28.8. The monoisotopic (exact) mass is 676 g/mol. The fourth-order valence-electron chi connectivity index (χ4n) is 3.39. The van der Waals surface area contributed by atoms with Crippen LogP contribution >= 0.6 is 31.9 Å². The summed E-state index contributed by atoms with van der Waals surface area (Å²) >= 11 is 6.56. The average Bonchev–Trinajstić information content (AvgIpc) is 2.97. The first-order valence-electron chi connectivity index (χ1n) is 11.9. The molecule has 0 heterocycles. The minimum atomic E-state index is -4.01. The van der Waals surface area contributed by atoms with E-state index in [2.05, 4.69) is 79.2 Å². The predicted octanol–water partition coefficient (Wildman–Crippen LogP) is 5.57. The molecule has 3 aromatic carbocycles. The lowest BCUT2D eigenvalue weighted by Gasteiger charge is -2.18. The zero-order valence-electron chi connectivity index (χ0n) is 21.2. The number of rotatable bonds is 6. The van der Waals surface area contributed by atoms with Crippen LogP contribution in [0.15, 0.2) is 77.7 Å². The molecule has 0 aliphatic rings. The summed E-state index contributed by atoms with van der Waals surface area (Å²) in [5, 5.41) is 12.1. The van der Waals surface area contributed by atoms with Crippen molar-refractivity contribution in [3.63, 3.8) is 0 Å². The van der Waals surface area contributed by atoms with Crippen LogP contribution in [0.3, 0.4) is 0 Å². The second-order valence-corrected chi connectivity index (χ2v) is 11.0. The van der Waals surface area contributed by atoms with Crippen LogP contribution in [0.2, 0.25) is 0 Å². The quantitative estimate of drug-likeness (QED) is 0.148. The van der Waals surface area contributed by atoms with E-state index in [4.69, 9.17) is 0 Å². The summed E-state index contributed by atoms with van der Waals surface area (Å²) in [6, 6.07) is 19.6. The number of nitro benzene ring substituents is 1. The molecule has 6 nitrogen and oxygen atoms in total. The zero-order valence-corrected chi connectivity index (χ0v) is 25.1. The Balaban J connectivity index is 1.89. The van der Waals surface area contributed by atoms with Gasteiger partial charge in [-0.25, -0.2) is 8.42 Å². The molecule has 0 N–H and O–H groups in total. The number of sulfonamides is 1. The van der Waals surface area contributed by atoms with E-state index in [1.165, 1.54) is 28.6 Å². The summed E-state index contributed by atoms with van der Waals surface area (Å²) in [4.78, 5) is 10.4. The van der Waals surface area contributed by atoms with E-state index in [1.54, 1.807) is 0 Å². The lowest BCUT2D eigenvalue weighted by molar-refractivity contribution is -0.384. The van der Waals surface area contributed by atoms with Gasteiger partial charge in [0.1, 0.15) is 0 Å². The first kappa shape index (κ1) is 30.7. The summed E-state index contributed by atoms with van der Waals surface area (Å²) in [7, 11) is -4.01. The summed E-state index contributed by atoms with van der Waals surface area (Å²) < 4.78 is 28.2. The summed E-state index contributed by atoms with van der Waals surface area (Å²) in [6.45, 7) is -0.0319. The molecule has 0 radical (unpaired) electrons. The molecule has 3 aromatic rings. The van der Waals surface area contributed by atoms with Crippen LogP contribution < -0.4 is 0 Å². The lowest BCUT2D eigenvalue weighted by atomic mass is 10.1. The molecule has 0 aliphatic heterocycles. The highest BCUT2D eigenvalue weighted by Crippen LogP contribution is 2.20. The van der Waals surface area contributed by atoms with Crippen LogP contribution in [0.5, 0.6) is 0 Å². The van der Waals surface area contributed by atoms with Crippen LogP contribution in [0.4, 0.5) is 5.69 Å². The average molecular weight is 678 g/mol. The van der Waals surface area contributed by atoms with Gasteiger partial charge >= 0.3 is 0 Å². The number of alkyl halides is 2. The molecular formula is C31H22Br2N2O4S. The predicted molar refractivity (Wildman–Crippen MR) is 164 cm³/mol. The Morgan fingerprint density at radius 3 is 1.60 bits per heavy atom. The molecule has 0 aliphatic carbocycles. The van der Waals surface area contributed by atoms with Crippen molar-refractivity contribution in [2.24, 2.45) is 0 Å². The van der Waals surface area contributed by atoms with Gasteiger partial charge in [0.15, 0.2) is 0 Å². The molecule has 0 unspecified atom stereocenters. The molecule has 0 fully saturated rings. The molecule has 200 valence electrons. The number of benzene rings is 3. The normalized spacial score (nSPS) is 10.1. The van der Waals surface area contributed by atoms with Gasteiger partial charge < -0.3 is 0 Å². The van der Waals surface area contributed by atoms with E-state index < -0.39 is 14.9 Å². The van der Waals surface area contributed by atoms with Gasteiger partial charge in [-0.05, 0) is 36.4 Å². The van der Waals surface area contributed by atoms with Gasteiger partial charge in [-0.1, -0.05) is 103 Å². The Bertz CT molecular complexity index is 1720. The fourth-order valence-corrected chi connectivity index (χ4v) is 5.02. The molecule has 0 amide bonds. The standard InChI is InChI=1S/C31H22Br2N2O4S/c32-22-7-15-27-11-2-1-10-26(27)14-5-6-24-34(40(38,39)31-20-18-30(19-21-31)35(36)37)25-9-17-29-13-4-3-12-28(29)16-8-23-33/h1-4,10-13,18-21H,6,22-25H2. The molecule has 9 heteroatoms. The van der Waals surface area contributed by atoms with Gasteiger partial charge in [-0.2, -0.15) is 4.31 Å². The third-order valence-corrected chi connectivity index (χ3v) is 7.73. The van der Waals surface area contributed by atoms with E-state index in [0.717, 1.165) is 16.7 Å². The minimum absolute atomic E-state index is 0.0631. The SMILES string of the molecule is O=[N+]([O-])c1ccc(S(=O)(=O)N(CC#Cc2ccccc2C#CCBr)CCC#Cc2ccccc2C#CCBr)cc1. The van der Waals surface area contributed by atoms with Crippen LogP contribution in [0.1, 0.15) is 28.7 Å². The first-order valence-corrected chi connectivity index (χ1v) is 15.5. The Hall–Kier alpha value is -3.83. The molecule has 3 rings (SSSR count). The highest BCUT2D eigenvalue weighted by atomic mass is 79.9. The summed E-state index contributed by atoms with van der Waals surface area (Å²) in [5.41, 5.74) is 2.77. The highest BCUT2D eigenvalue weighted by Gasteiger charge is 2.24. The van der Waals surface area contributed by atoms with Crippen molar-refractivity contribution in [1.82, 2.24) is 4.31 Å². The maximum atomic E-state index is 13.5. The van der Waals surface area contributed by atoms with E-state index in [0.29, 0.717) is 16.2 Å². The molecule has 0 aromatic heterocycles. The van der Waals surface area contributed by atoms with Crippen molar-refractivity contribution in [3.8, 4) is 47.4 Å². The van der Waals surface area contributed by atoms with Crippen molar-refractivity contribution in [2.45, 2.75) is 11.3 Å². The van der Waals surface area contributed by atoms with E-state index >= 15 is 0 Å². The number of nitrogens with zero attached hydrogens (tertiary/aromatic N) is 2. The summed E-state index contributed by atoms with van der Waals surface area (Å²) in [6.07, 6.45) is 0.238. The Kier molecular flexibility index (Phi) is 12.0. The Morgan fingerprint density at radius 1 is 0.700 bits per heavy atom. The molecule has 40 heavy (non-hydrogen) atoms. The minimum Gasteiger partial charge on any atom is -0.258 e. The smallest absolute Gasteiger partial charge is 0.258 e. The molecular weight excluding hydrogens is 656 g/mol. The summed E-state index contributed by atoms with van der Waals surface area (Å²) in [5.74, 6) is 24.1. The Morgan fingerprint density at radius 2 is 1.15 bits per heavy atom. The molecule has 0 saturated carbocycles. The van der Waals surface area contributed by atoms with Crippen molar-refractivity contribution in [3.05, 3.63) is 105 Å². The lowest BCUT2D eigenvalue weighted by Crippen LogP contribution is -2.32. The van der Waals surface area contributed by atoms with Gasteiger partial charge in [0.2, 0.25) is 10.0 Å². The second kappa shape index (κ2) is 15.7. The van der Waals surface area contributed by atoms with E-state index in [9.17, 15) is 18.5 Å². The number of hydrogen-bond acceptors (Lipinski definition) is 4. The van der Waals surface area contributed by atoms with Crippen LogP contribution in [-0.2, 0) is 10.0 Å². The third-order valence-electron chi connectivity index (χ3n) is 5.31. The van der Waals surface area contributed by atoms with Crippen molar-refractivity contribution < 1.29 is 13.3 Å². The maximum Gasteiger partial charge on any atom is 0.269 e. The van der Waals surface area contributed by atoms with Gasteiger partial charge in [-0.15, -0.1) is 0 Å². The number of nitro groups is 1. The highest BCUT2D eigenvalue weighted by molar-refractivity contribution is 9.09. The number of halogens is 2. The fraction of sp³-hybridized carbons (Fsp3) is 0.161. The molecule has 0 saturated heterocycles. The van der Waals surface area contributed by atoms with Gasteiger partial charge in [-0.3, -0.25) is 10.1 Å². The second-order valence-electron chi connectivity index (χ2n) is 7.91. The topological polar surface area (TPSA) is 80.5 Å². The van der Waals surface area contributed by atoms with E-state index in [-0.39, 0.29) is 30.1 Å². The van der Waals surface area contributed by atoms with Crippen LogP contribution in [0, 0.1) is 57.5 Å². The largest absolute Gasteiger partial charge is 0.269 e. The first-order chi connectivity index (χ1) is 19.4. The van der Waals surface area contributed by atoms with Gasteiger partial charge in [0, 0.05) is 47.4 Å². The molecule has 0 spiro atoms. The van der Waals surface area contributed by atoms with Crippen molar-refractivity contribution >= 4 is 47.6 Å². The van der Waals surface area contributed by atoms with E-state index in [1.807, 2.05) is 48.5 Å². The Labute approximate surface area is 251 Å². The number of non-ortho nitro benzene ring substituents is 1. The van der Waals surface area contributed by atoms with Crippen molar-refractivity contribution in [1.29, 1.82) is 0 Å². The molecule has 0 atom stereocenters. The number of hydrogen-bond donors (Lipinski definition) is 0. The van der Waals surface area contributed by atoms with Gasteiger partial charge in [0.05, 0.1) is 27.0 Å². The maximum absolute atomic E-state index is 13.5. The molecule has 0 bridgehead atoms. The van der Waals surface area contributed by atoms with Gasteiger partial charge in [0.25, 0.3) is 5.69 Å². The third kappa shape index (κ3) is 8.85.